The monoisotopic (exact) mass is 437 g/mol. The van der Waals surface area contributed by atoms with Crippen molar-refractivity contribution in [3.63, 3.8) is 0 Å². The average Bonchev–Trinajstić information content (AvgIpc) is 3.11. The minimum absolute atomic E-state index is 0.157. The molecule has 0 fully saturated rings. The molecule has 27 heavy (non-hydrogen) atoms. The van der Waals surface area contributed by atoms with Gasteiger partial charge in [-0.2, -0.15) is 0 Å². The van der Waals surface area contributed by atoms with Crippen molar-refractivity contribution in [1.82, 2.24) is 9.88 Å². The Labute approximate surface area is 164 Å². The minimum atomic E-state index is -0.477. The second-order valence-electron chi connectivity index (χ2n) is 6.38. The summed E-state index contributed by atoms with van der Waals surface area (Å²) in [6, 6.07) is 4.59. The standard InChI is InChI=1S/C19H21BrFN3O3/c1-11-17(23-14-6-5-12(20)10-13(14)21)16(18(25)22-7-9-27-2)15-4-3-8-24(15)19(11)26/h5-6,10,23H,3-4,7-9H2,1-2H3,(H,22,25). The highest BCUT2D eigenvalue weighted by Gasteiger charge is 2.27. The molecule has 1 aliphatic rings. The van der Waals surface area contributed by atoms with Crippen molar-refractivity contribution in [3.8, 4) is 0 Å². The van der Waals surface area contributed by atoms with E-state index in [1.54, 1.807) is 30.7 Å². The number of amides is 1. The molecule has 0 bridgehead atoms. The highest BCUT2D eigenvalue weighted by Crippen LogP contribution is 2.31. The van der Waals surface area contributed by atoms with Gasteiger partial charge in [-0.1, -0.05) is 15.9 Å². The maximum atomic E-state index is 14.3. The Morgan fingerprint density at radius 3 is 2.89 bits per heavy atom. The van der Waals surface area contributed by atoms with Crippen molar-refractivity contribution in [2.75, 3.05) is 25.6 Å². The van der Waals surface area contributed by atoms with Gasteiger partial charge in [0.15, 0.2) is 0 Å². The molecule has 6 nitrogen and oxygen atoms in total. The Morgan fingerprint density at radius 2 is 2.19 bits per heavy atom. The van der Waals surface area contributed by atoms with Gasteiger partial charge in [0.25, 0.3) is 11.5 Å². The maximum Gasteiger partial charge on any atom is 0.255 e. The lowest BCUT2D eigenvalue weighted by molar-refractivity contribution is 0.0936. The zero-order chi connectivity index (χ0) is 19.6. The van der Waals surface area contributed by atoms with Crippen LogP contribution in [-0.2, 0) is 17.7 Å². The number of carbonyl (C=O) groups excluding carboxylic acids is 1. The zero-order valence-corrected chi connectivity index (χ0v) is 16.8. The number of halogens is 2. The van der Waals surface area contributed by atoms with Crippen LogP contribution >= 0.6 is 15.9 Å². The van der Waals surface area contributed by atoms with Gasteiger partial charge in [-0.05, 0) is 38.0 Å². The summed E-state index contributed by atoms with van der Waals surface area (Å²) in [4.78, 5) is 25.6. The molecule has 8 heteroatoms. The van der Waals surface area contributed by atoms with Gasteiger partial charge >= 0.3 is 0 Å². The topological polar surface area (TPSA) is 72.4 Å². The third-order valence-corrected chi connectivity index (χ3v) is 5.10. The third kappa shape index (κ3) is 3.91. The summed E-state index contributed by atoms with van der Waals surface area (Å²) < 4.78 is 21.6. The number of carbonyl (C=O) groups is 1. The van der Waals surface area contributed by atoms with Gasteiger partial charge in [0.2, 0.25) is 0 Å². The number of fused-ring (bicyclic) bond motifs is 1. The number of methoxy groups -OCH3 is 1. The lowest BCUT2D eigenvalue weighted by Crippen LogP contribution is -2.32. The summed E-state index contributed by atoms with van der Waals surface area (Å²) in [5, 5.41) is 5.78. The van der Waals surface area contributed by atoms with Gasteiger partial charge in [-0.15, -0.1) is 0 Å². The Morgan fingerprint density at radius 1 is 1.41 bits per heavy atom. The predicted octanol–water partition coefficient (Wildman–Crippen LogP) is 3.12. The second kappa shape index (κ2) is 8.22. The van der Waals surface area contributed by atoms with Crippen molar-refractivity contribution in [2.45, 2.75) is 26.3 Å². The van der Waals surface area contributed by atoms with Crippen LogP contribution in [0.25, 0.3) is 0 Å². The van der Waals surface area contributed by atoms with Crippen LogP contribution in [0.3, 0.4) is 0 Å². The fourth-order valence-corrected chi connectivity index (χ4v) is 3.61. The highest BCUT2D eigenvalue weighted by atomic mass is 79.9. The van der Waals surface area contributed by atoms with Crippen LogP contribution in [0.5, 0.6) is 0 Å². The van der Waals surface area contributed by atoms with Gasteiger partial charge in [0.05, 0.1) is 23.5 Å². The molecule has 1 amide bonds. The van der Waals surface area contributed by atoms with Crippen LogP contribution in [0.1, 0.15) is 28.0 Å². The summed E-state index contributed by atoms with van der Waals surface area (Å²) in [5.74, 6) is -0.782. The van der Waals surface area contributed by atoms with Crippen LogP contribution < -0.4 is 16.2 Å². The number of hydrogen-bond acceptors (Lipinski definition) is 4. The maximum absolute atomic E-state index is 14.3. The second-order valence-corrected chi connectivity index (χ2v) is 7.30. The van der Waals surface area contributed by atoms with Gasteiger partial charge in [-0.25, -0.2) is 4.39 Å². The van der Waals surface area contributed by atoms with Crippen molar-refractivity contribution < 1.29 is 13.9 Å². The first kappa shape index (κ1) is 19.6. The largest absolute Gasteiger partial charge is 0.383 e. The Bertz CT molecular complexity index is 943. The highest BCUT2D eigenvalue weighted by molar-refractivity contribution is 9.10. The lowest BCUT2D eigenvalue weighted by Gasteiger charge is -2.19. The number of nitrogens with zero attached hydrogens (tertiary/aromatic N) is 1. The Kier molecular flexibility index (Phi) is 5.96. The van der Waals surface area contributed by atoms with E-state index in [9.17, 15) is 14.0 Å². The molecular weight excluding hydrogens is 417 g/mol. The Balaban J connectivity index is 2.09. The minimum Gasteiger partial charge on any atom is -0.383 e. The van der Waals surface area contributed by atoms with E-state index in [0.29, 0.717) is 53.1 Å². The molecule has 1 aromatic carbocycles. The number of ether oxygens (including phenoxy) is 1. The van der Waals surface area contributed by atoms with E-state index in [4.69, 9.17) is 4.74 Å². The smallest absolute Gasteiger partial charge is 0.255 e. The first-order chi connectivity index (χ1) is 12.9. The number of pyridine rings is 1. The number of hydrogen-bond donors (Lipinski definition) is 2. The molecule has 1 aromatic heterocycles. The van der Waals surface area contributed by atoms with Crippen LogP contribution in [0.4, 0.5) is 15.8 Å². The van der Waals surface area contributed by atoms with E-state index in [1.807, 2.05) is 0 Å². The van der Waals surface area contributed by atoms with Gasteiger partial charge in [0.1, 0.15) is 5.82 Å². The first-order valence-corrected chi connectivity index (χ1v) is 9.48. The third-order valence-electron chi connectivity index (χ3n) is 4.61. The molecule has 2 heterocycles. The lowest BCUT2D eigenvalue weighted by atomic mass is 10.0. The first-order valence-electron chi connectivity index (χ1n) is 8.69. The summed E-state index contributed by atoms with van der Waals surface area (Å²) in [7, 11) is 1.55. The molecule has 0 radical (unpaired) electrons. The Hall–Kier alpha value is -2.19. The summed E-state index contributed by atoms with van der Waals surface area (Å²) >= 11 is 3.22. The summed E-state index contributed by atoms with van der Waals surface area (Å²) in [6.45, 7) is 2.96. The number of nitrogens with one attached hydrogen (secondary N) is 2. The van der Waals surface area contributed by atoms with E-state index in [1.165, 1.54) is 6.07 Å². The number of benzene rings is 1. The quantitative estimate of drug-likeness (QED) is 0.680. The van der Waals surface area contributed by atoms with E-state index >= 15 is 0 Å². The van der Waals surface area contributed by atoms with Gasteiger partial charge in [0, 0.05) is 35.9 Å². The molecule has 3 rings (SSSR count). The SMILES string of the molecule is COCCNC(=O)c1c(Nc2ccc(Br)cc2F)c(C)c(=O)n2c1CCC2. The van der Waals surface area contributed by atoms with Crippen LogP contribution in [0.2, 0.25) is 0 Å². The van der Waals surface area contributed by atoms with E-state index < -0.39 is 5.82 Å². The molecule has 0 unspecified atom stereocenters. The van der Waals surface area contributed by atoms with Gasteiger partial charge < -0.3 is 19.9 Å². The van der Waals surface area contributed by atoms with Crippen molar-refractivity contribution in [2.24, 2.45) is 0 Å². The van der Waals surface area contributed by atoms with Crippen LogP contribution in [-0.4, -0.2) is 30.7 Å². The van der Waals surface area contributed by atoms with Crippen molar-refractivity contribution in [1.29, 1.82) is 0 Å². The molecule has 1 aliphatic heterocycles. The number of aromatic nitrogens is 1. The normalized spacial score (nSPS) is 12.7. The number of anilines is 2. The molecule has 144 valence electrons. The molecule has 2 aromatic rings. The van der Waals surface area contributed by atoms with Crippen LogP contribution in [0, 0.1) is 12.7 Å². The van der Waals surface area contributed by atoms with E-state index in [2.05, 4.69) is 26.6 Å². The fourth-order valence-electron chi connectivity index (χ4n) is 3.28. The molecule has 0 saturated carbocycles. The fraction of sp³-hybridized carbons (Fsp3) is 0.368. The molecule has 0 atom stereocenters. The van der Waals surface area contributed by atoms with E-state index in [0.717, 1.165) is 6.42 Å². The van der Waals surface area contributed by atoms with Crippen molar-refractivity contribution >= 4 is 33.2 Å². The molecule has 0 aliphatic carbocycles. The van der Waals surface area contributed by atoms with Crippen LogP contribution in [0.15, 0.2) is 27.5 Å². The average molecular weight is 438 g/mol. The number of rotatable bonds is 6. The molecule has 2 N–H and O–H groups in total. The van der Waals surface area contributed by atoms with E-state index in [-0.39, 0.29) is 17.2 Å². The summed E-state index contributed by atoms with van der Waals surface area (Å²) in [5.41, 5.74) is 1.86. The molecule has 0 saturated heterocycles. The predicted molar refractivity (Wildman–Crippen MR) is 105 cm³/mol. The summed E-state index contributed by atoms with van der Waals surface area (Å²) in [6.07, 6.45) is 1.42. The van der Waals surface area contributed by atoms with Crippen molar-refractivity contribution in [3.05, 3.63) is 55.7 Å². The molecular formula is C19H21BrFN3O3. The zero-order valence-electron chi connectivity index (χ0n) is 15.2. The molecule has 0 spiro atoms. The van der Waals surface area contributed by atoms with Gasteiger partial charge in [-0.3, -0.25) is 9.59 Å².